The Morgan fingerprint density at radius 1 is 0.680 bits per heavy atom. The molecule has 0 unspecified atom stereocenters. The molecule has 0 saturated carbocycles. The van der Waals surface area contributed by atoms with E-state index >= 15 is 0 Å². The van der Waals surface area contributed by atoms with Crippen molar-refractivity contribution in [2.24, 2.45) is 0 Å². The molecule has 3 aromatic rings. The molecule has 0 amide bonds. The van der Waals surface area contributed by atoms with E-state index in [1.165, 1.54) is 15.9 Å². The van der Waals surface area contributed by atoms with Gasteiger partial charge in [-0.3, -0.25) is 4.79 Å². The molecule has 25 heavy (non-hydrogen) atoms. The van der Waals surface area contributed by atoms with E-state index in [1.807, 2.05) is 25.1 Å². The first-order valence-corrected chi connectivity index (χ1v) is 10.3. The van der Waals surface area contributed by atoms with Gasteiger partial charge in [-0.15, -0.1) is 0 Å². The van der Waals surface area contributed by atoms with Crippen molar-refractivity contribution in [3.05, 3.63) is 91.0 Å². The van der Waals surface area contributed by atoms with E-state index in [2.05, 4.69) is 72.8 Å². The molecular formula is C22H22AuOP+. The smallest absolute Gasteiger partial charge is 0.170 e. The van der Waals surface area contributed by atoms with Crippen LogP contribution in [0.5, 0.6) is 0 Å². The number of ketones is 1. The zero-order valence-electron chi connectivity index (χ0n) is 14.2. The quantitative estimate of drug-likeness (QED) is 0.349. The monoisotopic (exact) mass is 530 g/mol. The molecule has 0 heterocycles. The van der Waals surface area contributed by atoms with Crippen LogP contribution >= 0.6 is 7.26 Å². The normalized spacial score (nSPS) is 10.8. The molecule has 0 aliphatic carbocycles. The molecule has 0 fully saturated rings. The Morgan fingerprint density at radius 3 is 1.28 bits per heavy atom. The van der Waals surface area contributed by atoms with Crippen molar-refractivity contribution in [1.29, 1.82) is 0 Å². The number of hydrogen-bond donors (Lipinski definition) is 0. The number of carbonyl (C=O) groups is 1. The minimum absolute atomic E-state index is 0. The number of rotatable bonds is 6. The van der Waals surface area contributed by atoms with Gasteiger partial charge in [-0.25, -0.2) is 0 Å². The largest absolute Gasteiger partial charge is 0.296 e. The van der Waals surface area contributed by atoms with Crippen LogP contribution in [0.15, 0.2) is 91.0 Å². The topological polar surface area (TPSA) is 17.1 Å². The van der Waals surface area contributed by atoms with Crippen molar-refractivity contribution in [2.45, 2.75) is 13.3 Å². The summed E-state index contributed by atoms with van der Waals surface area (Å²) in [5.74, 6) is 0.319. The van der Waals surface area contributed by atoms with Gasteiger partial charge in [-0.05, 0) is 36.4 Å². The average molecular weight is 530 g/mol. The Hall–Kier alpha value is -1.50. The van der Waals surface area contributed by atoms with Gasteiger partial charge in [0.05, 0.1) is 0 Å². The first-order valence-electron chi connectivity index (χ1n) is 8.34. The zero-order chi connectivity index (χ0) is 16.8. The SMILES string of the molecule is CCC(=O)C[P+](c1ccccc1)(c1ccccc1)c1ccccc1.[Au]. The number of Topliss-reactive ketones (excluding diaryl/α,β-unsaturated/α-hetero) is 1. The maximum atomic E-state index is 12.6. The summed E-state index contributed by atoms with van der Waals surface area (Å²) in [6.07, 6.45) is 1.16. The van der Waals surface area contributed by atoms with Gasteiger partial charge in [0.1, 0.15) is 29.3 Å². The first-order chi connectivity index (χ1) is 11.8. The standard InChI is InChI=1S/C22H22OP.Au/c1-2-19(23)18-24(20-12-6-3-7-13-20,21-14-8-4-9-15-21)22-16-10-5-11-17-22;/h3-17H,2,18H2,1H3;/q+1;. The van der Waals surface area contributed by atoms with Gasteiger partial charge in [-0.2, -0.15) is 0 Å². The Balaban J connectivity index is 0.00000225. The molecule has 1 nitrogen and oxygen atoms in total. The second-order valence-corrected chi connectivity index (χ2v) is 9.35. The van der Waals surface area contributed by atoms with E-state index in [4.69, 9.17) is 0 Å². The minimum Gasteiger partial charge on any atom is -0.296 e. The van der Waals surface area contributed by atoms with E-state index in [-0.39, 0.29) is 22.4 Å². The molecule has 0 N–H and O–H groups in total. The van der Waals surface area contributed by atoms with Gasteiger partial charge in [-0.1, -0.05) is 61.5 Å². The fraction of sp³-hybridized carbons (Fsp3) is 0.136. The van der Waals surface area contributed by atoms with Crippen LogP contribution < -0.4 is 15.9 Å². The molecule has 1 radical (unpaired) electrons. The van der Waals surface area contributed by atoms with Crippen LogP contribution in [0.4, 0.5) is 0 Å². The maximum absolute atomic E-state index is 12.6. The molecule has 0 bridgehead atoms. The van der Waals surface area contributed by atoms with Gasteiger partial charge >= 0.3 is 0 Å². The molecule has 3 heteroatoms. The third-order valence-electron chi connectivity index (χ3n) is 4.40. The van der Waals surface area contributed by atoms with Crippen LogP contribution in [0.2, 0.25) is 0 Å². The summed E-state index contributed by atoms with van der Waals surface area (Å²) < 4.78 is 0. The van der Waals surface area contributed by atoms with Gasteiger partial charge in [0.15, 0.2) is 5.78 Å². The van der Waals surface area contributed by atoms with Gasteiger partial charge in [0.25, 0.3) is 0 Å². The van der Waals surface area contributed by atoms with E-state index in [1.54, 1.807) is 0 Å². The fourth-order valence-electron chi connectivity index (χ4n) is 3.14. The Kier molecular flexibility index (Phi) is 7.35. The summed E-state index contributed by atoms with van der Waals surface area (Å²) in [7, 11) is -1.98. The summed E-state index contributed by atoms with van der Waals surface area (Å²) >= 11 is 0. The number of hydrogen-bond acceptors (Lipinski definition) is 1. The van der Waals surface area contributed by atoms with E-state index < -0.39 is 7.26 Å². The Morgan fingerprint density at radius 2 is 1.00 bits per heavy atom. The van der Waals surface area contributed by atoms with Crippen LogP contribution in [-0.4, -0.2) is 11.9 Å². The predicted octanol–water partition coefficient (Wildman–Crippen LogP) is 3.96. The molecule has 0 saturated heterocycles. The zero-order valence-corrected chi connectivity index (χ0v) is 17.3. The molecule has 0 aliphatic rings. The van der Waals surface area contributed by atoms with E-state index in [0.29, 0.717) is 18.4 Å². The summed E-state index contributed by atoms with van der Waals surface area (Å²) in [5, 5.41) is 3.80. The van der Waals surface area contributed by atoms with Gasteiger partial charge < -0.3 is 0 Å². The maximum Gasteiger partial charge on any atom is 0.170 e. The first kappa shape index (κ1) is 19.8. The van der Waals surface area contributed by atoms with E-state index in [0.717, 1.165) is 0 Å². The van der Waals surface area contributed by atoms with Gasteiger partial charge in [0, 0.05) is 28.8 Å². The van der Waals surface area contributed by atoms with Crippen molar-refractivity contribution >= 4 is 29.0 Å². The van der Waals surface area contributed by atoms with E-state index in [9.17, 15) is 4.79 Å². The second-order valence-electron chi connectivity index (χ2n) is 5.87. The third kappa shape index (κ3) is 4.19. The Labute approximate surface area is 166 Å². The van der Waals surface area contributed by atoms with Crippen molar-refractivity contribution in [3.63, 3.8) is 0 Å². The van der Waals surface area contributed by atoms with Crippen LogP contribution in [0.3, 0.4) is 0 Å². The van der Waals surface area contributed by atoms with Crippen molar-refractivity contribution in [3.8, 4) is 0 Å². The van der Waals surface area contributed by atoms with Crippen molar-refractivity contribution < 1.29 is 27.2 Å². The summed E-state index contributed by atoms with van der Waals surface area (Å²) in [6, 6.07) is 31.6. The Bertz CT molecular complexity index is 691. The predicted molar refractivity (Wildman–Crippen MR) is 105 cm³/mol. The average Bonchev–Trinajstić information content (AvgIpc) is 2.68. The molecule has 3 rings (SSSR count). The van der Waals surface area contributed by atoms with Crippen LogP contribution in [0, 0.1) is 0 Å². The fourth-order valence-corrected chi connectivity index (χ4v) is 7.38. The summed E-state index contributed by atoms with van der Waals surface area (Å²) in [5.41, 5.74) is 0. The van der Waals surface area contributed by atoms with Crippen molar-refractivity contribution in [1.82, 2.24) is 0 Å². The second kappa shape index (κ2) is 9.27. The van der Waals surface area contributed by atoms with Crippen molar-refractivity contribution in [2.75, 3.05) is 6.16 Å². The molecule has 3 aromatic carbocycles. The molecule has 0 spiro atoms. The summed E-state index contributed by atoms with van der Waals surface area (Å²) in [6.45, 7) is 1.96. The molecular weight excluding hydrogens is 508 g/mol. The van der Waals surface area contributed by atoms with Crippen LogP contribution in [0.1, 0.15) is 13.3 Å². The van der Waals surface area contributed by atoms with Crippen LogP contribution in [0.25, 0.3) is 0 Å². The van der Waals surface area contributed by atoms with Gasteiger partial charge in [0.2, 0.25) is 0 Å². The molecule has 131 valence electrons. The summed E-state index contributed by atoms with van der Waals surface area (Å²) in [4.78, 5) is 12.6. The molecule has 0 aromatic heterocycles. The number of carbonyl (C=O) groups excluding carboxylic acids is 1. The minimum atomic E-state index is -1.98. The third-order valence-corrected chi connectivity index (χ3v) is 8.76. The number of benzene rings is 3. The molecule has 0 aliphatic heterocycles. The molecule has 0 atom stereocenters. The van der Waals surface area contributed by atoms with Crippen LogP contribution in [-0.2, 0) is 27.2 Å².